The van der Waals surface area contributed by atoms with Gasteiger partial charge >= 0.3 is 0 Å². The molecule has 114 valence electrons. The highest BCUT2D eigenvalue weighted by Crippen LogP contribution is 2.27. The highest BCUT2D eigenvalue weighted by molar-refractivity contribution is 7.09. The Morgan fingerprint density at radius 2 is 2.14 bits per heavy atom. The molecule has 1 unspecified atom stereocenters. The fourth-order valence-electron chi connectivity index (χ4n) is 2.22. The molecule has 2 aromatic rings. The monoisotopic (exact) mass is 304 g/mol. The van der Waals surface area contributed by atoms with Crippen LogP contribution in [0.3, 0.4) is 0 Å². The molecule has 21 heavy (non-hydrogen) atoms. The van der Waals surface area contributed by atoms with Crippen LogP contribution in [0.25, 0.3) is 0 Å². The first-order chi connectivity index (χ1) is 10.1. The first kappa shape index (κ1) is 15.7. The number of anilines is 2. The number of rotatable bonds is 7. The number of thiophene rings is 1. The molecule has 2 N–H and O–H groups in total. The third kappa shape index (κ3) is 4.39. The van der Waals surface area contributed by atoms with Gasteiger partial charge in [0.15, 0.2) is 0 Å². The first-order valence-corrected chi connectivity index (χ1v) is 8.26. The van der Waals surface area contributed by atoms with Crippen LogP contribution in [0, 0.1) is 0 Å². The summed E-state index contributed by atoms with van der Waals surface area (Å²) in [5, 5.41) is 2.12. The van der Waals surface area contributed by atoms with Crippen molar-refractivity contribution in [2.75, 3.05) is 24.3 Å². The van der Waals surface area contributed by atoms with Gasteiger partial charge in [-0.3, -0.25) is 0 Å². The van der Waals surface area contributed by atoms with Gasteiger partial charge in [0.05, 0.1) is 6.61 Å². The van der Waals surface area contributed by atoms with E-state index >= 15 is 0 Å². The molecule has 0 amide bonds. The number of likely N-dealkylation sites (N-methyl/N-ethyl adjacent to an activating group) is 1. The molecule has 0 aliphatic rings. The molecule has 2 rings (SSSR count). The van der Waals surface area contributed by atoms with Crippen molar-refractivity contribution in [2.45, 2.75) is 32.7 Å². The van der Waals surface area contributed by atoms with E-state index in [2.05, 4.69) is 49.4 Å². The second-order valence-corrected chi connectivity index (χ2v) is 6.38. The van der Waals surface area contributed by atoms with Gasteiger partial charge < -0.3 is 15.4 Å². The van der Waals surface area contributed by atoms with Crippen LogP contribution in [0.1, 0.15) is 25.1 Å². The average Bonchev–Trinajstić information content (AvgIpc) is 2.96. The highest BCUT2D eigenvalue weighted by atomic mass is 32.1. The summed E-state index contributed by atoms with van der Waals surface area (Å²) in [5.41, 5.74) is 7.85. The van der Waals surface area contributed by atoms with Crippen molar-refractivity contribution >= 4 is 22.7 Å². The minimum absolute atomic E-state index is 0.407. The number of nitrogens with zero attached hydrogens (tertiary/aromatic N) is 1. The Morgan fingerprint density at radius 1 is 1.33 bits per heavy atom. The quantitative estimate of drug-likeness (QED) is 0.780. The van der Waals surface area contributed by atoms with Crippen LogP contribution in [-0.2, 0) is 6.42 Å². The number of nitrogen functional groups attached to an aromatic ring is 1. The van der Waals surface area contributed by atoms with Crippen molar-refractivity contribution in [3.05, 3.63) is 40.6 Å². The van der Waals surface area contributed by atoms with Gasteiger partial charge in [-0.25, -0.2) is 0 Å². The number of hydrogen-bond donors (Lipinski definition) is 1. The normalized spacial score (nSPS) is 12.1. The zero-order valence-corrected chi connectivity index (χ0v) is 13.8. The SMILES string of the molecule is CCCOc1cc(N)cc(N(C)C(C)Cc2cccs2)c1. The van der Waals surface area contributed by atoms with E-state index < -0.39 is 0 Å². The Labute approximate surface area is 131 Å². The lowest BCUT2D eigenvalue weighted by molar-refractivity contribution is 0.317. The molecule has 1 heterocycles. The Bertz CT molecular complexity index is 554. The summed E-state index contributed by atoms with van der Waals surface area (Å²) < 4.78 is 5.71. The number of benzene rings is 1. The summed E-state index contributed by atoms with van der Waals surface area (Å²) in [6.07, 6.45) is 2.03. The second-order valence-electron chi connectivity index (χ2n) is 5.35. The minimum atomic E-state index is 0.407. The van der Waals surface area contributed by atoms with Crippen LogP contribution in [0.5, 0.6) is 5.75 Å². The van der Waals surface area contributed by atoms with Crippen molar-refractivity contribution in [3.8, 4) is 5.75 Å². The van der Waals surface area contributed by atoms with E-state index in [1.807, 2.05) is 12.1 Å². The van der Waals surface area contributed by atoms with Gasteiger partial charge in [0.25, 0.3) is 0 Å². The lowest BCUT2D eigenvalue weighted by atomic mass is 10.1. The molecule has 0 fully saturated rings. The molecule has 0 aliphatic carbocycles. The Morgan fingerprint density at radius 3 is 2.81 bits per heavy atom. The molecule has 0 saturated carbocycles. The van der Waals surface area contributed by atoms with Crippen LogP contribution in [0.15, 0.2) is 35.7 Å². The van der Waals surface area contributed by atoms with E-state index in [1.165, 1.54) is 4.88 Å². The second kappa shape index (κ2) is 7.36. The molecular formula is C17H24N2OS. The largest absolute Gasteiger partial charge is 0.493 e. The van der Waals surface area contributed by atoms with Crippen LogP contribution < -0.4 is 15.4 Å². The predicted octanol–water partition coefficient (Wildman–Crippen LogP) is 4.19. The Kier molecular flexibility index (Phi) is 5.51. The van der Waals surface area contributed by atoms with Gasteiger partial charge in [0.1, 0.15) is 5.75 Å². The summed E-state index contributed by atoms with van der Waals surface area (Å²) in [4.78, 5) is 3.66. The predicted molar refractivity (Wildman–Crippen MR) is 92.5 cm³/mol. The van der Waals surface area contributed by atoms with Crippen LogP contribution in [0.4, 0.5) is 11.4 Å². The van der Waals surface area contributed by atoms with Crippen molar-refractivity contribution in [1.29, 1.82) is 0 Å². The molecule has 0 radical (unpaired) electrons. The lowest BCUT2D eigenvalue weighted by Gasteiger charge is -2.27. The maximum Gasteiger partial charge on any atom is 0.123 e. The summed E-state index contributed by atoms with van der Waals surface area (Å²) in [5.74, 6) is 0.849. The average molecular weight is 304 g/mol. The Balaban J connectivity index is 2.10. The van der Waals surface area contributed by atoms with Crippen molar-refractivity contribution in [1.82, 2.24) is 0 Å². The number of nitrogens with two attached hydrogens (primary N) is 1. The highest BCUT2D eigenvalue weighted by Gasteiger charge is 2.13. The molecule has 1 aromatic heterocycles. The molecule has 1 aromatic carbocycles. The topological polar surface area (TPSA) is 38.5 Å². The van der Waals surface area contributed by atoms with Crippen molar-refractivity contribution < 1.29 is 4.74 Å². The van der Waals surface area contributed by atoms with E-state index in [9.17, 15) is 0 Å². The van der Waals surface area contributed by atoms with Gasteiger partial charge in [0.2, 0.25) is 0 Å². The van der Waals surface area contributed by atoms with Gasteiger partial charge in [-0.05, 0) is 30.9 Å². The fourth-order valence-corrected chi connectivity index (χ4v) is 3.05. The van der Waals surface area contributed by atoms with Gasteiger partial charge in [0, 0.05) is 47.9 Å². The third-order valence-electron chi connectivity index (χ3n) is 3.53. The molecule has 0 aliphatic heterocycles. The van der Waals surface area contributed by atoms with Crippen LogP contribution >= 0.6 is 11.3 Å². The van der Waals surface area contributed by atoms with Crippen molar-refractivity contribution in [2.24, 2.45) is 0 Å². The van der Waals surface area contributed by atoms with Crippen LogP contribution in [-0.4, -0.2) is 19.7 Å². The van der Waals surface area contributed by atoms with Crippen LogP contribution in [0.2, 0.25) is 0 Å². The first-order valence-electron chi connectivity index (χ1n) is 7.38. The molecule has 0 saturated heterocycles. The molecule has 3 nitrogen and oxygen atoms in total. The maximum atomic E-state index is 6.00. The summed E-state index contributed by atoms with van der Waals surface area (Å²) in [6, 6.07) is 10.6. The number of ether oxygens (including phenoxy) is 1. The fraction of sp³-hybridized carbons (Fsp3) is 0.412. The molecule has 0 spiro atoms. The summed E-state index contributed by atoms with van der Waals surface area (Å²) >= 11 is 1.81. The maximum absolute atomic E-state index is 6.00. The van der Waals surface area contributed by atoms with Crippen molar-refractivity contribution in [3.63, 3.8) is 0 Å². The Hall–Kier alpha value is -1.68. The number of hydrogen-bond acceptors (Lipinski definition) is 4. The summed E-state index contributed by atoms with van der Waals surface area (Å²) in [7, 11) is 2.11. The molecule has 0 bridgehead atoms. The zero-order chi connectivity index (χ0) is 15.2. The summed E-state index contributed by atoms with van der Waals surface area (Å²) in [6.45, 7) is 5.05. The third-order valence-corrected chi connectivity index (χ3v) is 4.43. The standard InChI is InChI=1S/C17H24N2OS/c1-4-7-20-16-11-14(18)10-15(12-16)19(3)13(2)9-17-6-5-8-21-17/h5-6,8,10-13H,4,7,9,18H2,1-3H3. The van der Waals surface area contributed by atoms with Gasteiger partial charge in [-0.2, -0.15) is 0 Å². The molecule has 4 heteroatoms. The minimum Gasteiger partial charge on any atom is -0.493 e. The van der Waals surface area contributed by atoms with E-state index in [1.54, 1.807) is 11.3 Å². The molecule has 1 atom stereocenters. The zero-order valence-electron chi connectivity index (χ0n) is 13.0. The van der Waals surface area contributed by atoms with E-state index in [-0.39, 0.29) is 0 Å². The van der Waals surface area contributed by atoms with Gasteiger partial charge in [-0.15, -0.1) is 11.3 Å². The smallest absolute Gasteiger partial charge is 0.123 e. The van der Waals surface area contributed by atoms with E-state index in [0.29, 0.717) is 6.04 Å². The van der Waals surface area contributed by atoms with E-state index in [4.69, 9.17) is 10.5 Å². The van der Waals surface area contributed by atoms with Gasteiger partial charge in [-0.1, -0.05) is 13.0 Å². The van der Waals surface area contributed by atoms with E-state index in [0.717, 1.165) is 36.6 Å². The lowest BCUT2D eigenvalue weighted by Crippen LogP contribution is -2.30. The molecular weight excluding hydrogens is 280 g/mol.